The maximum Gasteiger partial charge on any atom is 0.349 e. The molecule has 22 heavy (non-hydrogen) atoms. The van der Waals surface area contributed by atoms with Gasteiger partial charge in [0.2, 0.25) is 0 Å². The van der Waals surface area contributed by atoms with Crippen molar-refractivity contribution in [2.24, 2.45) is 5.41 Å². The third kappa shape index (κ3) is 5.65. The molecule has 0 saturated heterocycles. The Balaban J connectivity index is 3.01. The van der Waals surface area contributed by atoms with Gasteiger partial charge >= 0.3 is 5.97 Å². The van der Waals surface area contributed by atoms with Gasteiger partial charge in [0, 0.05) is 0 Å². The lowest BCUT2D eigenvalue weighted by atomic mass is 9.73. The van der Waals surface area contributed by atoms with Crippen LogP contribution in [0.15, 0.2) is 22.8 Å². The van der Waals surface area contributed by atoms with Crippen LogP contribution in [-0.2, 0) is 9.53 Å². The number of carbonyl (C=O) groups excluding carboxylic acids is 1. The van der Waals surface area contributed by atoms with Crippen LogP contribution in [0, 0.1) is 16.7 Å². The first-order valence-electron chi connectivity index (χ1n) is 8.04. The monoisotopic (exact) mass is 305 g/mol. The second kappa shape index (κ2) is 8.75. The summed E-state index contributed by atoms with van der Waals surface area (Å²) in [5.74, 6) is -0.631. The van der Waals surface area contributed by atoms with Crippen LogP contribution in [-0.4, -0.2) is 24.3 Å². The molecule has 0 atom stereocenters. The molecule has 0 aromatic heterocycles. The topological polar surface area (TPSA) is 70.3 Å². The fraction of sp³-hybridized carbons (Fsp3) is 0.667. The summed E-state index contributed by atoms with van der Waals surface area (Å²) < 4.78 is 4.90. The fourth-order valence-electron chi connectivity index (χ4n) is 2.92. The van der Waals surface area contributed by atoms with E-state index in [4.69, 9.17) is 9.84 Å². The van der Waals surface area contributed by atoms with Crippen LogP contribution in [0.2, 0.25) is 0 Å². The standard InChI is InChI=1S/C18H27NO3/c1-4-5-6-7-14-10-15(12-18(2,3)11-14)16(13-19)17(21)22-9-8-20/h10,20H,4-9,11-12H2,1-3H3/b16-15+. The highest BCUT2D eigenvalue weighted by Gasteiger charge is 2.28. The van der Waals surface area contributed by atoms with Gasteiger partial charge in [0.25, 0.3) is 0 Å². The highest BCUT2D eigenvalue weighted by molar-refractivity contribution is 5.94. The Morgan fingerprint density at radius 3 is 2.73 bits per heavy atom. The number of allylic oxidation sites excluding steroid dienone is 3. The van der Waals surface area contributed by atoms with E-state index in [0.29, 0.717) is 6.42 Å². The first-order valence-corrected chi connectivity index (χ1v) is 8.04. The van der Waals surface area contributed by atoms with E-state index in [0.717, 1.165) is 24.8 Å². The van der Waals surface area contributed by atoms with Crippen LogP contribution in [0.25, 0.3) is 0 Å². The normalized spacial score (nSPS) is 19.1. The van der Waals surface area contributed by atoms with E-state index in [1.807, 2.05) is 12.1 Å². The molecule has 4 heteroatoms. The molecule has 1 aliphatic carbocycles. The zero-order valence-corrected chi connectivity index (χ0v) is 13.9. The van der Waals surface area contributed by atoms with Gasteiger partial charge in [-0.15, -0.1) is 0 Å². The van der Waals surface area contributed by atoms with Crippen LogP contribution in [0.4, 0.5) is 0 Å². The minimum Gasteiger partial charge on any atom is -0.459 e. The lowest BCUT2D eigenvalue weighted by Crippen LogP contribution is -2.20. The first kappa shape index (κ1) is 18.4. The molecule has 0 saturated carbocycles. The Morgan fingerprint density at radius 2 is 2.14 bits per heavy atom. The molecule has 0 aromatic rings. The summed E-state index contributed by atoms with van der Waals surface area (Å²) in [6, 6.07) is 1.98. The molecule has 0 aromatic carbocycles. The predicted octanol–water partition coefficient (Wildman–Crippen LogP) is 3.67. The first-order chi connectivity index (χ1) is 10.4. The number of aliphatic hydroxyl groups is 1. The highest BCUT2D eigenvalue weighted by atomic mass is 16.5. The van der Waals surface area contributed by atoms with Crippen molar-refractivity contribution >= 4 is 5.97 Å². The summed E-state index contributed by atoms with van der Waals surface area (Å²) in [7, 11) is 0. The van der Waals surface area contributed by atoms with Crippen molar-refractivity contribution in [2.75, 3.05) is 13.2 Å². The van der Waals surface area contributed by atoms with E-state index < -0.39 is 5.97 Å². The number of rotatable bonds is 7. The molecule has 0 bridgehead atoms. The number of nitriles is 1. The van der Waals surface area contributed by atoms with E-state index >= 15 is 0 Å². The van der Waals surface area contributed by atoms with Crippen molar-refractivity contribution in [2.45, 2.75) is 59.3 Å². The summed E-state index contributed by atoms with van der Waals surface area (Å²) >= 11 is 0. The fourth-order valence-corrected chi connectivity index (χ4v) is 2.92. The van der Waals surface area contributed by atoms with Crippen molar-refractivity contribution in [1.82, 2.24) is 0 Å². The third-order valence-electron chi connectivity index (χ3n) is 3.82. The summed E-state index contributed by atoms with van der Waals surface area (Å²) in [6.45, 7) is 6.19. The molecule has 1 rings (SSSR count). The molecule has 1 aliphatic rings. The van der Waals surface area contributed by atoms with Gasteiger partial charge in [-0.1, -0.05) is 45.3 Å². The lowest BCUT2D eigenvalue weighted by molar-refractivity contribution is -0.139. The average Bonchev–Trinajstić information content (AvgIpc) is 2.44. The number of ether oxygens (including phenoxy) is 1. The van der Waals surface area contributed by atoms with E-state index in [2.05, 4.69) is 20.8 Å². The van der Waals surface area contributed by atoms with Gasteiger partial charge < -0.3 is 9.84 Å². The molecule has 0 fully saturated rings. The van der Waals surface area contributed by atoms with E-state index in [-0.39, 0.29) is 24.2 Å². The second-order valence-corrected chi connectivity index (χ2v) is 6.65. The predicted molar refractivity (Wildman–Crippen MR) is 85.9 cm³/mol. The Morgan fingerprint density at radius 1 is 1.41 bits per heavy atom. The average molecular weight is 305 g/mol. The number of hydrogen-bond acceptors (Lipinski definition) is 4. The van der Waals surface area contributed by atoms with Gasteiger partial charge in [0.15, 0.2) is 0 Å². The van der Waals surface area contributed by atoms with E-state index in [1.165, 1.54) is 18.4 Å². The van der Waals surface area contributed by atoms with Crippen LogP contribution >= 0.6 is 0 Å². The summed E-state index contributed by atoms with van der Waals surface area (Å²) in [4.78, 5) is 12.0. The molecule has 0 spiro atoms. The van der Waals surface area contributed by atoms with Crippen LogP contribution in [0.3, 0.4) is 0 Å². The molecule has 0 radical (unpaired) electrons. The number of hydrogen-bond donors (Lipinski definition) is 1. The van der Waals surface area contributed by atoms with E-state index in [9.17, 15) is 10.1 Å². The number of carbonyl (C=O) groups is 1. The highest BCUT2D eigenvalue weighted by Crippen LogP contribution is 2.40. The molecule has 4 nitrogen and oxygen atoms in total. The molecular formula is C18H27NO3. The zero-order chi connectivity index (χ0) is 16.6. The number of aliphatic hydroxyl groups excluding tert-OH is 1. The Kier molecular flexibility index (Phi) is 7.34. The molecule has 1 N–H and O–H groups in total. The van der Waals surface area contributed by atoms with Gasteiger partial charge in [-0.3, -0.25) is 0 Å². The number of esters is 1. The van der Waals surface area contributed by atoms with Crippen LogP contribution in [0.5, 0.6) is 0 Å². The molecule has 0 heterocycles. The zero-order valence-electron chi connectivity index (χ0n) is 13.9. The largest absolute Gasteiger partial charge is 0.459 e. The number of nitrogens with zero attached hydrogens (tertiary/aromatic N) is 1. The molecule has 0 unspecified atom stereocenters. The Bertz CT molecular complexity index is 495. The molecule has 0 aliphatic heterocycles. The van der Waals surface area contributed by atoms with Crippen molar-refractivity contribution in [3.8, 4) is 6.07 Å². The Hall–Kier alpha value is -1.60. The van der Waals surface area contributed by atoms with Gasteiger partial charge in [0.05, 0.1) is 6.61 Å². The minimum absolute atomic E-state index is 0.0466. The third-order valence-corrected chi connectivity index (χ3v) is 3.82. The minimum atomic E-state index is -0.631. The smallest absolute Gasteiger partial charge is 0.349 e. The van der Waals surface area contributed by atoms with Crippen LogP contribution < -0.4 is 0 Å². The SMILES string of the molecule is CCCCCC1=C/C(=C(/C#N)C(=O)OCCO)CC(C)(C)C1. The van der Waals surface area contributed by atoms with Crippen molar-refractivity contribution in [3.63, 3.8) is 0 Å². The van der Waals surface area contributed by atoms with E-state index in [1.54, 1.807) is 0 Å². The van der Waals surface area contributed by atoms with Gasteiger partial charge in [-0.25, -0.2) is 4.79 Å². The molecule has 122 valence electrons. The molecular weight excluding hydrogens is 278 g/mol. The maximum atomic E-state index is 12.0. The van der Waals surface area contributed by atoms with Gasteiger partial charge in [-0.2, -0.15) is 5.26 Å². The quantitative estimate of drug-likeness (QED) is 0.337. The van der Waals surface area contributed by atoms with Crippen molar-refractivity contribution in [1.29, 1.82) is 5.26 Å². The van der Waals surface area contributed by atoms with Crippen LogP contribution in [0.1, 0.15) is 59.3 Å². The lowest BCUT2D eigenvalue weighted by Gasteiger charge is -2.32. The Labute approximate surface area is 133 Å². The van der Waals surface area contributed by atoms with Gasteiger partial charge in [-0.05, 0) is 36.7 Å². The molecule has 0 amide bonds. The van der Waals surface area contributed by atoms with Crippen molar-refractivity contribution in [3.05, 3.63) is 22.8 Å². The summed E-state index contributed by atoms with van der Waals surface area (Å²) in [5, 5.41) is 18.1. The van der Waals surface area contributed by atoms with Crippen molar-refractivity contribution < 1.29 is 14.6 Å². The van der Waals surface area contributed by atoms with Gasteiger partial charge in [0.1, 0.15) is 18.2 Å². The maximum absolute atomic E-state index is 12.0. The number of unbranched alkanes of at least 4 members (excludes halogenated alkanes) is 2. The second-order valence-electron chi connectivity index (χ2n) is 6.65. The summed E-state index contributed by atoms with van der Waals surface area (Å²) in [5.41, 5.74) is 2.20. The summed E-state index contributed by atoms with van der Waals surface area (Å²) in [6.07, 6.45) is 8.25.